The number of aromatic nitrogens is 2. The van der Waals surface area contributed by atoms with Crippen molar-refractivity contribution in [3.05, 3.63) is 51.0 Å². The van der Waals surface area contributed by atoms with Gasteiger partial charge in [0.1, 0.15) is 5.82 Å². The Hall–Kier alpha value is -1.10. The van der Waals surface area contributed by atoms with E-state index in [9.17, 15) is 9.50 Å². The van der Waals surface area contributed by atoms with Gasteiger partial charge in [-0.25, -0.2) is 4.39 Å². The van der Waals surface area contributed by atoms with Gasteiger partial charge in [0, 0.05) is 13.5 Å². The van der Waals surface area contributed by atoms with Crippen LogP contribution in [0.5, 0.6) is 0 Å². The molecule has 1 N–H and O–H groups in total. The summed E-state index contributed by atoms with van der Waals surface area (Å²) in [5, 5.41) is 14.9. The van der Waals surface area contributed by atoms with Crippen molar-refractivity contribution in [3.63, 3.8) is 0 Å². The number of hydrogen-bond acceptors (Lipinski definition) is 2. The summed E-state index contributed by atoms with van der Waals surface area (Å²) in [6.07, 6.45) is -0.601. The molecule has 1 aromatic carbocycles. The van der Waals surface area contributed by atoms with E-state index in [1.807, 2.05) is 0 Å². The van der Waals surface area contributed by atoms with E-state index < -0.39 is 11.9 Å². The molecule has 0 aliphatic rings. The zero-order valence-corrected chi connectivity index (χ0v) is 12.0. The first kappa shape index (κ1) is 14.3. The van der Waals surface area contributed by atoms with E-state index in [4.69, 9.17) is 23.2 Å². The second-order valence-electron chi connectivity index (χ2n) is 4.36. The number of aryl methyl sites for hydroxylation is 2. The highest BCUT2D eigenvalue weighted by Gasteiger charge is 2.17. The van der Waals surface area contributed by atoms with Crippen LogP contribution in [0.25, 0.3) is 0 Å². The third-order valence-electron chi connectivity index (χ3n) is 2.98. The summed E-state index contributed by atoms with van der Waals surface area (Å²) < 4.78 is 15.0. The Labute approximate surface area is 120 Å². The van der Waals surface area contributed by atoms with Crippen LogP contribution in [-0.2, 0) is 13.5 Å². The van der Waals surface area contributed by atoms with Crippen molar-refractivity contribution in [1.29, 1.82) is 0 Å². The molecule has 0 saturated carbocycles. The minimum atomic E-state index is -0.862. The minimum Gasteiger partial charge on any atom is -0.388 e. The zero-order valence-electron chi connectivity index (χ0n) is 10.5. The van der Waals surface area contributed by atoms with Gasteiger partial charge in [-0.3, -0.25) is 4.68 Å². The van der Waals surface area contributed by atoms with Crippen LogP contribution in [-0.4, -0.2) is 14.9 Å². The maximum atomic E-state index is 13.4. The van der Waals surface area contributed by atoms with Crippen LogP contribution >= 0.6 is 23.2 Å². The van der Waals surface area contributed by atoms with Gasteiger partial charge in [0.15, 0.2) is 0 Å². The molecular formula is C13H13Cl2FN2O. The number of nitrogens with zero attached hydrogens (tertiary/aromatic N) is 2. The van der Waals surface area contributed by atoms with Crippen LogP contribution in [0.15, 0.2) is 18.2 Å². The van der Waals surface area contributed by atoms with Crippen LogP contribution in [0.3, 0.4) is 0 Å². The highest BCUT2D eigenvalue weighted by molar-refractivity contribution is 6.31. The quantitative estimate of drug-likeness (QED) is 0.943. The normalized spacial score (nSPS) is 12.7. The lowest BCUT2D eigenvalue weighted by Gasteiger charge is -2.12. The summed E-state index contributed by atoms with van der Waals surface area (Å²) >= 11 is 11.7. The van der Waals surface area contributed by atoms with Gasteiger partial charge in [0.25, 0.3) is 0 Å². The Morgan fingerprint density at radius 2 is 2.11 bits per heavy atom. The van der Waals surface area contributed by atoms with Crippen LogP contribution < -0.4 is 0 Å². The molecule has 0 saturated heterocycles. The van der Waals surface area contributed by atoms with Crippen molar-refractivity contribution in [2.45, 2.75) is 19.4 Å². The molecule has 0 amide bonds. The fraction of sp³-hybridized carbons (Fsp3) is 0.308. The second kappa shape index (κ2) is 5.49. The van der Waals surface area contributed by atoms with Gasteiger partial charge in [-0.1, -0.05) is 29.3 Å². The molecule has 0 bridgehead atoms. The smallest absolute Gasteiger partial charge is 0.142 e. The highest BCUT2D eigenvalue weighted by atomic mass is 35.5. The topological polar surface area (TPSA) is 38.0 Å². The van der Waals surface area contributed by atoms with Crippen LogP contribution in [0.4, 0.5) is 4.39 Å². The van der Waals surface area contributed by atoms with E-state index in [0.717, 1.165) is 0 Å². The Bertz CT molecular complexity index is 613. The first-order chi connectivity index (χ1) is 8.90. The van der Waals surface area contributed by atoms with E-state index in [-0.39, 0.29) is 11.4 Å². The number of hydrogen-bond donors (Lipinski definition) is 1. The van der Waals surface area contributed by atoms with Gasteiger partial charge in [-0.2, -0.15) is 5.10 Å². The molecule has 0 fully saturated rings. The average Bonchev–Trinajstić information content (AvgIpc) is 2.59. The van der Waals surface area contributed by atoms with Gasteiger partial charge < -0.3 is 5.11 Å². The molecule has 6 heteroatoms. The number of halogens is 3. The first-order valence-corrected chi connectivity index (χ1v) is 6.46. The first-order valence-electron chi connectivity index (χ1n) is 5.71. The van der Waals surface area contributed by atoms with E-state index in [2.05, 4.69) is 5.10 Å². The molecule has 0 aliphatic heterocycles. The predicted octanol–water partition coefficient (Wildman–Crippen LogP) is 3.45. The zero-order chi connectivity index (χ0) is 14.2. The van der Waals surface area contributed by atoms with Crippen molar-refractivity contribution in [3.8, 4) is 0 Å². The molecule has 1 atom stereocenters. The summed E-state index contributed by atoms with van der Waals surface area (Å²) in [6, 6.07) is 4.24. The Balaban J connectivity index is 2.25. The number of benzene rings is 1. The van der Waals surface area contributed by atoms with Gasteiger partial charge in [-0.15, -0.1) is 0 Å². The Kier molecular flexibility index (Phi) is 4.13. The molecule has 19 heavy (non-hydrogen) atoms. The molecule has 1 aromatic heterocycles. The summed E-state index contributed by atoms with van der Waals surface area (Å²) in [6.45, 7) is 1.79. The van der Waals surface area contributed by atoms with Gasteiger partial charge in [-0.05, 0) is 24.6 Å². The van der Waals surface area contributed by atoms with Crippen LogP contribution in [0.1, 0.15) is 23.1 Å². The van der Waals surface area contributed by atoms with Crippen molar-refractivity contribution in [1.82, 2.24) is 9.78 Å². The molecule has 1 unspecified atom stereocenters. The molecule has 0 aliphatic carbocycles. The molecule has 2 rings (SSSR count). The minimum absolute atomic E-state index is 0.0327. The summed E-state index contributed by atoms with van der Waals surface area (Å²) in [5.41, 5.74) is 1.87. The SMILES string of the molecule is Cc1nn(C)c(CC(O)c2ccc(Cl)c(F)c2)c1Cl. The molecule has 0 spiro atoms. The number of aliphatic hydroxyl groups excluding tert-OH is 1. The molecule has 3 nitrogen and oxygen atoms in total. The van der Waals surface area contributed by atoms with E-state index >= 15 is 0 Å². The molecular weight excluding hydrogens is 290 g/mol. The largest absolute Gasteiger partial charge is 0.388 e. The van der Waals surface area contributed by atoms with E-state index in [0.29, 0.717) is 22.0 Å². The van der Waals surface area contributed by atoms with Crippen molar-refractivity contribution in [2.75, 3.05) is 0 Å². The van der Waals surface area contributed by atoms with Crippen molar-refractivity contribution < 1.29 is 9.50 Å². The third kappa shape index (κ3) is 2.91. The monoisotopic (exact) mass is 302 g/mol. The van der Waals surface area contributed by atoms with E-state index in [1.165, 1.54) is 12.1 Å². The van der Waals surface area contributed by atoms with Gasteiger partial charge in [0.2, 0.25) is 0 Å². The summed E-state index contributed by atoms with van der Waals surface area (Å²) in [7, 11) is 1.75. The fourth-order valence-corrected chi connectivity index (χ4v) is 2.28. The average molecular weight is 303 g/mol. The van der Waals surface area contributed by atoms with Gasteiger partial charge >= 0.3 is 0 Å². The Morgan fingerprint density at radius 1 is 1.42 bits per heavy atom. The summed E-state index contributed by atoms with van der Waals surface area (Å²) in [5.74, 6) is -0.550. The number of rotatable bonds is 3. The van der Waals surface area contributed by atoms with Crippen molar-refractivity contribution in [2.24, 2.45) is 7.05 Å². The molecule has 0 radical (unpaired) electrons. The molecule has 2 aromatic rings. The molecule has 1 heterocycles. The lowest BCUT2D eigenvalue weighted by Crippen LogP contribution is -2.07. The standard InChI is InChI=1S/C13H13Cl2FN2O/c1-7-13(15)11(18(2)17-7)6-12(19)8-3-4-9(14)10(16)5-8/h3-5,12,19H,6H2,1-2H3. The molecule has 102 valence electrons. The number of aliphatic hydroxyl groups is 1. The maximum Gasteiger partial charge on any atom is 0.142 e. The highest BCUT2D eigenvalue weighted by Crippen LogP contribution is 2.27. The second-order valence-corrected chi connectivity index (χ2v) is 5.15. The van der Waals surface area contributed by atoms with Gasteiger partial charge in [0.05, 0.1) is 27.5 Å². The van der Waals surface area contributed by atoms with Crippen molar-refractivity contribution >= 4 is 23.2 Å². The lowest BCUT2D eigenvalue weighted by molar-refractivity contribution is 0.175. The van der Waals surface area contributed by atoms with Crippen LogP contribution in [0.2, 0.25) is 10.0 Å². The Morgan fingerprint density at radius 3 is 2.63 bits per heavy atom. The third-order valence-corrected chi connectivity index (χ3v) is 3.77. The predicted molar refractivity (Wildman–Crippen MR) is 73.0 cm³/mol. The fourth-order valence-electron chi connectivity index (χ4n) is 1.92. The lowest BCUT2D eigenvalue weighted by atomic mass is 10.0. The maximum absolute atomic E-state index is 13.4. The summed E-state index contributed by atoms with van der Waals surface area (Å²) in [4.78, 5) is 0. The van der Waals surface area contributed by atoms with E-state index in [1.54, 1.807) is 24.7 Å². The van der Waals surface area contributed by atoms with Crippen LogP contribution in [0, 0.1) is 12.7 Å².